The summed E-state index contributed by atoms with van der Waals surface area (Å²) in [5.41, 5.74) is 2.72. The van der Waals surface area contributed by atoms with Crippen molar-refractivity contribution in [2.45, 2.75) is 19.9 Å². The lowest BCUT2D eigenvalue weighted by Gasteiger charge is -2.08. The second kappa shape index (κ2) is 5.86. The van der Waals surface area contributed by atoms with Crippen LogP contribution in [-0.4, -0.2) is 21.3 Å². The first-order valence-corrected chi connectivity index (χ1v) is 7.51. The number of nitrogens with zero attached hydrogens (tertiary/aromatic N) is 4. The molecule has 2 aromatic heterocycles. The Labute approximate surface area is 139 Å². The number of rotatable bonds is 3. The zero-order valence-corrected chi connectivity index (χ0v) is 13.7. The molecule has 3 rings (SSSR count). The van der Waals surface area contributed by atoms with E-state index < -0.39 is 0 Å². The van der Waals surface area contributed by atoms with Gasteiger partial charge in [0.05, 0.1) is 11.4 Å². The van der Waals surface area contributed by atoms with E-state index in [0.29, 0.717) is 16.7 Å². The van der Waals surface area contributed by atoms with Gasteiger partial charge in [0.1, 0.15) is 11.5 Å². The molecule has 0 aliphatic carbocycles. The molecule has 2 heterocycles. The van der Waals surface area contributed by atoms with Crippen molar-refractivity contribution in [1.29, 1.82) is 0 Å². The number of terminal acetylenes is 1. The summed E-state index contributed by atoms with van der Waals surface area (Å²) in [5.74, 6) is 3.93. The Morgan fingerprint density at radius 1 is 1.30 bits per heavy atom. The molecular formula is C18H15ClN4. The molecule has 1 atom stereocenters. The maximum absolute atomic E-state index is 5.99. The number of aliphatic imine (C=N–C) groups is 1. The first-order chi connectivity index (χ1) is 11.0. The third kappa shape index (κ3) is 2.60. The van der Waals surface area contributed by atoms with Crippen LogP contribution in [0.15, 0.2) is 35.5 Å². The van der Waals surface area contributed by atoms with E-state index in [2.05, 4.69) is 27.6 Å². The highest BCUT2D eigenvalue weighted by Crippen LogP contribution is 2.36. The Hall–Kier alpha value is -2.64. The molecule has 0 N–H and O–H groups in total. The number of halogens is 1. The van der Waals surface area contributed by atoms with Crippen molar-refractivity contribution in [1.82, 2.24) is 14.5 Å². The highest BCUT2D eigenvalue weighted by Gasteiger charge is 2.18. The third-order valence-electron chi connectivity index (χ3n) is 3.73. The fourth-order valence-corrected chi connectivity index (χ4v) is 2.70. The summed E-state index contributed by atoms with van der Waals surface area (Å²) >= 11 is 5.99. The summed E-state index contributed by atoms with van der Waals surface area (Å²) in [4.78, 5) is 13.0. The van der Waals surface area contributed by atoms with Gasteiger partial charge in [-0.25, -0.2) is 15.0 Å². The van der Waals surface area contributed by atoms with E-state index >= 15 is 0 Å². The molecule has 0 radical (unpaired) electrons. The SMILES string of the molecule is C#CC(C)n1cc(-c2ccc(Cl)cc2)c2c(N=C)nc(C)nc21. The van der Waals surface area contributed by atoms with Gasteiger partial charge in [-0.1, -0.05) is 29.7 Å². The van der Waals surface area contributed by atoms with Crippen molar-refractivity contribution >= 4 is 35.2 Å². The summed E-state index contributed by atoms with van der Waals surface area (Å²) in [6, 6.07) is 7.47. The van der Waals surface area contributed by atoms with Gasteiger partial charge in [-0.2, -0.15) is 0 Å². The lowest BCUT2D eigenvalue weighted by Crippen LogP contribution is -2.02. The molecule has 3 aromatic rings. The first kappa shape index (κ1) is 15.3. The molecule has 23 heavy (non-hydrogen) atoms. The minimum atomic E-state index is -0.134. The van der Waals surface area contributed by atoms with Gasteiger partial charge in [0.15, 0.2) is 5.82 Å². The molecule has 0 aliphatic rings. The predicted molar refractivity (Wildman–Crippen MR) is 95.5 cm³/mol. The van der Waals surface area contributed by atoms with Crippen molar-refractivity contribution in [3.8, 4) is 23.5 Å². The van der Waals surface area contributed by atoms with E-state index in [1.165, 1.54) is 0 Å². The van der Waals surface area contributed by atoms with Crippen LogP contribution in [-0.2, 0) is 0 Å². The quantitative estimate of drug-likeness (QED) is 0.523. The van der Waals surface area contributed by atoms with Gasteiger partial charge in [0.2, 0.25) is 0 Å². The van der Waals surface area contributed by atoms with E-state index in [0.717, 1.165) is 22.2 Å². The van der Waals surface area contributed by atoms with Crippen LogP contribution < -0.4 is 0 Å². The van der Waals surface area contributed by atoms with Crippen molar-refractivity contribution in [3.05, 3.63) is 41.3 Å². The summed E-state index contributed by atoms with van der Waals surface area (Å²) in [5, 5.41) is 1.53. The minimum absolute atomic E-state index is 0.134. The largest absolute Gasteiger partial charge is 0.318 e. The van der Waals surface area contributed by atoms with Crippen LogP contribution in [0.4, 0.5) is 5.82 Å². The smallest absolute Gasteiger partial charge is 0.165 e. The number of hydrogen-bond donors (Lipinski definition) is 0. The number of aromatic nitrogens is 3. The van der Waals surface area contributed by atoms with E-state index in [1.54, 1.807) is 0 Å². The van der Waals surface area contributed by atoms with Crippen LogP contribution in [0, 0.1) is 19.3 Å². The number of hydrogen-bond acceptors (Lipinski definition) is 3. The van der Waals surface area contributed by atoms with Crippen molar-refractivity contribution in [2.75, 3.05) is 0 Å². The summed E-state index contributed by atoms with van der Waals surface area (Å²) in [7, 11) is 0. The number of benzene rings is 1. The van der Waals surface area contributed by atoms with Crippen LogP contribution in [0.5, 0.6) is 0 Å². The van der Waals surface area contributed by atoms with Crippen LogP contribution in [0.3, 0.4) is 0 Å². The zero-order valence-electron chi connectivity index (χ0n) is 12.9. The average Bonchev–Trinajstić information content (AvgIpc) is 2.93. The molecule has 4 nitrogen and oxygen atoms in total. The maximum atomic E-state index is 5.99. The number of aryl methyl sites for hydroxylation is 1. The summed E-state index contributed by atoms with van der Waals surface area (Å²) in [6.45, 7) is 7.41. The highest BCUT2D eigenvalue weighted by molar-refractivity contribution is 6.30. The Bertz CT molecular complexity index is 932. The first-order valence-electron chi connectivity index (χ1n) is 7.13. The van der Waals surface area contributed by atoms with Gasteiger partial charge in [-0.15, -0.1) is 6.42 Å². The van der Waals surface area contributed by atoms with Gasteiger partial charge in [0.25, 0.3) is 0 Å². The van der Waals surface area contributed by atoms with E-state index in [-0.39, 0.29) is 6.04 Å². The van der Waals surface area contributed by atoms with Gasteiger partial charge in [0, 0.05) is 16.8 Å². The molecular weight excluding hydrogens is 308 g/mol. The third-order valence-corrected chi connectivity index (χ3v) is 3.98. The highest BCUT2D eigenvalue weighted by atomic mass is 35.5. The summed E-state index contributed by atoms with van der Waals surface area (Å²) < 4.78 is 1.96. The fraction of sp³-hybridized carbons (Fsp3) is 0.167. The Morgan fingerprint density at radius 3 is 2.61 bits per heavy atom. The van der Waals surface area contributed by atoms with E-state index in [4.69, 9.17) is 18.0 Å². The van der Waals surface area contributed by atoms with Crippen molar-refractivity contribution in [2.24, 2.45) is 4.99 Å². The molecule has 1 unspecified atom stereocenters. The lowest BCUT2D eigenvalue weighted by molar-refractivity contribution is 0.702. The molecule has 114 valence electrons. The maximum Gasteiger partial charge on any atom is 0.165 e. The topological polar surface area (TPSA) is 43.1 Å². The molecule has 0 saturated heterocycles. The molecule has 0 bridgehead atoms. The predicted octanol–water partition coefficient (Wildman–Crippen LogP) is 4.59. The Kier molecular flexibility index (Phi) is 3.89. The van der Waals surface area contributed by atoms with Crippen LogP contribution in [0.1, 0.15) is 18.8 Å². The second-order valence-electron chi connectivity index (χ2n) is 5.25. The molecule has 5 heteroatoms. The molecule has 0 saturated carbocycles. The Morgan fingerprint density at radius 2 is 2.00 bits per heavy atom. The second-order valence-corrected chi connectivity index (χ2v) is 5.69. The lowest BCUT2D eigenvalue weighted by atomic mass is 10.1. The molecule has 0 spiro atoms. The standard InChI is InChI=1S/C18H15ClN4/c1-5-11(2)23-10-15(13-6-8-14(19)9-7-13)16-17(20-4)21-12(3)22-18(16)23/h1,6-11H,4H2,2-3H3. The van der Waals surface area contributed by atoms with Gasteiger partial charge in [-0.05, 0) is 38.3 Å². The zero-order chi connectivity index (χ0) is 16.6. The van der Waals surface area contributed by atoms with Gasteiger partial charge >= 0.3 is 0 Å². The van der Waals surface area contributed by atoms with Gasteiger partial charge in [-0.3, -0.25) is 0 Å². The average molecular weight is 323 g/mol. The van der Waals surface area contributed by atoms with Crippen molar-refractivity contribution in [3.63, 3.8) is 0 Å². The molecule has 1 aromatic carbocycles. The van der Waals surface area contributed by atoms with Crippen LogP contribution in [0.2, 0.25) is 5.02 Å². The van der Waals surface area contributed by atoms with Gasteiger partial charge < -0.3 is 4.57 Å². The number of fused-ring (bicyclic) bond motifs is 1. The normalized spacial score (nSPS) is 12.1. The van der Waals surface area contributed by atoms with Crippen LogP contribution >= 0.6 is 11.6 Å². The van der Waals surface area contributed by atoms with Crippen LogP contribution in [0.25, 0.3) is 22.2 Å². The van der Waals surface area contributed by atoms with E-state index in [9.17, 15) is 0 Å². The monoisotopic (exact) mass is 322 g/mol. The fourth-order valence-electron chi connectivity index (χ4n) is 2.57. The molecule has 0 amide bonds. The minimum Gasteiger partial charge on any atom is -0.318 e. The summed E-state index contributed by atoms with van der Waals surface area (Å²) in [6.07, 6.45) is 7.59. The van der Waals surface area contributed by atoms with E-state index in [1.807, 2.05) is 48.9 Å². The molecule has 0 aliphatic heterocycles. The Balaban J connectivity index is 2.40. The molecule has 0 fully saturated rings. The van der Waals surface area contributed by atoms with Crippen molar-refractivity contribution < 1.29 is 0 Å².